The molecule has 0 spiro atoms. The minimum absolute atomic E-state index is 0.0522. The van der Waals surface area contributed by atoms with Crippen molar-refractivity contribution < 1.29 is 19.2 Å². The molecule has 26 heavy (non-hydrogen) atoms. The first kappa shape index (κ1) is 18.9. The Morgan fingerprint density at radius 1 is 1.15 bits per heavy atom. The van der Waals surface area contributed by atoms with Gasteiger partial charge in [0.2, 0.25) is 0 Å². The number of benzene rings is 2. The van der Waals surface area contributed by atoms with Crippen molar-refractivity contribution in [2.45, 2.75) is 6.04 Å². The Morgan fingerprint density at radius 2 is 1.81 bits per heavy atom. The lowest BCUT2D eigenvalue weighted by Crippen LogP contribution is -3.15. The molecule has 0 aromatic heterocycles. The molecule has 0 bridgehead atoms. The van der Waals surface area contributed by atoms with E-state index >= 15 is 0 Å². The fourth-order valence-corrected chi connectivity index (χ4v) is 3.48. The van der Waals surface area contributed by atoms with Gasteiger partial charge in [-0.25, -0.2) is 0 Å². The van der Waals surface area contributed by atoms with E-state index in [0.717, 1.165) is 36.5 Å². The molecule has 0 saturated carbocycles. The fraction of sp³-hybridized carbons (Fsp3) is 0.350. The molecule has 1 amide bonds. The highest BCUT2D eigenvalue weighted by molar-refractivity contribution is 9.10. The summed E-state index contributed by atoms with van der Waals surface area (Å²) >= 11 is 3.39. The van der Waals surface area contributed by atoms with E-state index in [0.29, 0.717) is 12.1 Å². The third-order valence-corrected chi connectivity index (χ3v) is 5.25. The SMILES string of the molecule is COc1ccc([C@H](CNC(=O)c2ccc(Br)cc2)[NH+]2CCOCC2)cc1. The summed E-state index contributed by atoms with van der Waals surface area (Å²) in [4.78, 5) is 13.9. The van der Waals surface area contributed by atoms with Gasteiger partial charge in [0.05, 0.1) is 26.9 Å². The van der Waals surface area contributed by atoms with Crippen molar-refractivity contribution >= 4 is 21.8 Å². The minimum Gasteiger partial charge on any atom is -0.497 e. The van der Waals surface area contributed by atoms with Crippen LogP contribution >= 0.6 is 15.9 Å². The van der Waals surface area contributed by atoms with Crippen molar-refractivity contribution in [3.63, 3.8) is 0 Å². The Bertz CT molecular complexity index is 713. The van der Waals surface area contributed by atoms with Crippen LogP contribution in [0.5, 0.6) is 5.75 Å². The van der Waals surface area contributed by atoms with Crippen LogP contribution in [0.3, 0.4) is 0 Å². The highest BCUT2D eigenvalue weighted by atomic mass is 79.9. The summed E-state index contributed by atoms with van der Waals surface area (Å²) < 4.78 is 11.7. The predicted molar refractivity (Wildman–Crippen MR) is 104 cm³/mol. The quantitative estimate of drug-likeness (QED) is 0.750. The van der Waals surface area contributed by atoms with Crippen LogP contribution in [-0.4, -0.2) is 45.9 Å². The van der Waals surface area contributed by atoms with Crippen molar-refractivity contribution in [1.82, 2.24) is 5.32 Å². The Balaban J connectivity index is 1.72. The first-order chi connectivity index (χ1) is 12.7. The number of halogens is 1. The van der Waals surface area contributed by atoms with E-state index in [4.69, 9.17) is 9.47 Å². The molecule has 1 saturated heterocycles. The summed E-state index contributed by atoms with van der Waals surface area (Å²) in [5.74, 6) is 0.784. The van der Waals surface area contributed by atoms with Crippen LogP contribution in [0.4, 0.5) is 0 Å². The highest BCUT2D eigenvalue weighted by Crippen LogP contribution is 2.16. The molecule has 1 atom stereocenters. The Labute approximate surface area is 162 Å². The van der Waals surface area contributed by atoms with Gasteiger partial charge in [-0.2, -0.15) is 0 Å². The largest absolute Gasteiger partial charge is 0.497 e. The number of nitrogens with one attached hydrogen (secondary N) is 2. The second kappa shape index (κ2) is 9.16. The number of carbonyl (C=O) groups is 1. The van der Waals surface area contributed by atoms with E-state index in [1.165, 1.54) is 10.5 Å². The number of amides is 1. The van der Waals surface area contributed by atoms with Gasteiger partial charge in [-0.1, -0.05) is 15.9 Å². The summed E-state index contributed by atoms with van der Waals surface area (Å²) in [5.41, 5.74) is 1.86. The standard InChI is InChI=1S/C20H23BrN2O3/c1-25-18-8-4-15(5-9-18)19(23-10-12-26-13-11-23)14-22-20(24)16-2-6-17(21)7-3-16/h2-9,19H,10-14H2,1H3,(H,22,24)/p+1/t19-/m0/s1. The van der Waals surface area contributed by atoms with Crippen molar-refractivity contribution in [2.24, 2.45) is 0 Å². The molecule has 2 aromatic rings. The minimum atomic E-state index is -0.0522. The van der Waals surface area contributed by atoms with Crippen LogP contribution in [0.25, 0.3) is 0 Å². The molecule has 2 N–H and O–H groups in total. The van der Waals surface area contributed by atoms with E-state index in [1.54, 1.807) is 7.11 Å². The predicted octanol–water partition coefficient (Wildman–Crippen LogP) is 1.84. The van der Waals surface area contributed by atoms with E-state index in [2.05, 4.69) is 33.4 Å². The molecule has 6 heteroatoms. The van der Waals surface area contributed by atoms with Gasteiger partial charge in [-0.05, 0) is 48.5 Å². The summed E-state index contributed by atoms with van der Waals surface area (Å²) in [6.07, 6.45) is 0. The van der Waals surface area contributed by atoms with Crippen LogP contribution < -0.4 is 15.0 Å². The molecule has 3 rings (SSSR count). The molecule has 1 heterocycles. The zero-order valence-corrected chi connectivity index (χ0v) is 16.4. The molecule has 0 aliphatic carbocycles. The van der Waals surface area contributed by atoms with Crippen LogP contribution in [0.2, 0.25) is 0 Å². The Kier molecular flexibility index (Phi) is 6.66. The van der Waals surface area contributed by atoms with Gasteiger partial charge in [-0.15, -0.1) is 0 Å². The number of ether oxygens (including phenoxy) is 2. The van der Waals surface area contributed by atoms with Crippen molar-refractivity contribution in [2.75, 3.05) is 40.0 Å². The average molecular weight is 420 g/mol. The van der Waals surface area contributed by atoms with Crippen molar-refractivity contribution in [1.29, 1.82) is 0 Å². The Hall–Kier alpha value is -1.89. The maximum atomic E-state index is 12.5. The molecule has 138 valence electrons. The summed E-state index contributed by atoms with van der Waals surface area (Å²) in [6.45, 7) is 3.96. The topological polar surface area (TPSA) is 52.0 Å². The molecule has 1 aliphatic heterocycles. The smallest absolute Gasteiger partial charge is 0.251 e. The molecular formula is C20H24BrN2O3+. The molecule has 5 nitrogen and oxygen atoms in total. The second-order valence-corrected chi connectivity index (χ2v) is 7.23. The molecule has 0 unspecified atom stereocenters. The van der Waals surface area contributed by atoms with E-state index in [-0.39, 0.29) is 11.9 Å². The number of hydrogen-bond donors (Lipinski definition) is 2. The first-order valence-corrected chi connectivity index (χ1v) is 9.56. The Morgan fingerprint density at radius 3 is 2.42 bits per heavy atom. The zero-order valence-electron chi connectivity index (χ0n) is 14.8. The van der Waals surface area contributed by atoms with Crippen LogP contribution in [0.1, 0.15) is 22.0 Å². The monoisotopic (exact) mass is 419 g/mol. The number of hydrogen-bond acceptors (Lipinski definition) is 3. The summed E-state index contributed by atoms with van der Waals surface area (Å²) in [7, 11) is 1.66. The zero-order chi connectivity index (χ0) is 18.4. The molecular weight excluding hydrogens is 396 g/mol. The lowest BCUT2D eigenvalue weighted by molar-refractivity contribution is -0.937. The first-order valence-electron chi connectivity index (χ1n) is 8.77. The number of methoxy groups -OCH3 is 1. The molecule has 1 aliphatic rings. The maximum Gasteiger partial charge on any atom is 0.251 e. The normalized spacial score (nSPS) is 16.1. The lowest BCUT2D eigenvalue weighted by atomic mass is 10.0. The van der Waals surface area contributed by atoms with Crippen molar-refractivity contribution in [3.8, 4) is 5.75 Å². The van der Waals surface area contributed by atoms with Gasteiger partial charge in [-0.3, -0.25) is 4.79 Å². The second-order valence-electron chi connectivity index (χ2n) is 6.31. The number of rotatable bonds is 6. The van der Waals surface area contributed by atoms with E-state index in [1.807, 2.05) is 36.4 Å². The summed E-state index contributed by atoms with van der Waals surface area (Å²) in [6, 6.07) is 15.7. The van der Waals surface area contributed by atoms with E-state index in [9.17, 15) is 4.79 Å². The number of morpholine rings is 1. The van der Waals surface area contributed by atoms with Gasteiger partial charge in [0.25, 0.3) is 5.91 Å². The number of carbonyl (C=O) groups excluding carboxylic acids is 1. The van der Waals surface area contributed by atoms with Crippen LogP contribution in [0.15, 0.2) is 53.0 Å². The highest BCUT2D eigenvalue weighted by Gasteiger charge is 2.27. The van der Waals surface area contributed by atoms with Gasteiger partial charge < -0.3 is 19.7 Å². The van der Waals surface area contributed by atoms with Gasteiger partial charge in [0, 0.05) is 15.6 Å². The average Bonchev–Trinajstić information content (AvgIpc) is 2.70. The molecule has 2 aromatic carbocycles. The maximum absolute atomic E-state index is 12.5. The van der Waals surface area contributed by atoms with Crippen LogP contribution in [-0.2, 0) is 4.74 Å². The molecule has 0 radical (unpaired) electrons. The third kappa shape index (κ3) is 4.84. The summed E-state index contributed by atoms with van der Waals surface area (Å²) in [5, 5.41) is 3.10. The van der Waals surface area contributed by atoms with Crippen LogP contribution in [0, 0.1) is 0 Å². The van der Waals surface area contributed by atoms with Gasteiger partial charge in [0.1, 0.15) is 24.9 Å². The van der Waals surface area contributed by atoms with Gasteiger partial charge >= 0.3 is 0 Å². The number of quaternary nitrogens is 1. The lowest BCUT2D eigenvalue weighted by Gasteiger charge is -2.32. The fourth-order valence-electron chi connectivity index (χ4n) is 3.21. The van der Waals surface area contributed by atoms with E-state index < -0.39 is 0 Å². The van der Waals surface area contributed by atoms with Gasteiger partial charge in [0.15, 0.2) is 0 Å². The third-order valence-electron chi connectivity index (χ3n) is 4.72. The molecule has 1 fully saturated rings. The van der Waals surface area contributed by atoms with Crippen molar-refractivity contribution in [3.05, 3.63) is 64.1 Å².